The predicted molar refractivity (Wildman–Crippen MR) is 60.3 cm³/mol. The Morgan fingerprint density at radius 1 is 1.07 bits per heavy atom. The van der Waals surface area contributed by atoms with E-state index >= 15 is 0 Å². The molecule has 1 fully saturated rings. The summed E-state index contributed by atoms with van der Waals surface area (Å²) in [6.07, 6.45) is 0.350. The van der Waals surface area contributed by atoms with Crippen molar-refractivity contribution in [2.24, 2.45) is 0 Å². The molecule has 0 N–H and O–H groups in total. The zero-order valence-electron chi connectivity index (χ0n) is 7.53. The quantitative estimate of drug-likeness (QED) is 0.702. The molecule has 2 aromatic carbocycles. The van der Waals surface area contributed by atoms with Crippen molar-refractivity contribution in [2.45, 2.75) is 6.10 Å². The largest absolute Gasteiger partial charge is 0.368 e. The molecule has 1 unspecified atom stereocenters. The first-order valence-corrected chi connectivity index (χ1v) is 5.43. The third kappa shape index (κ3) is 1.45. The summed E-state index contributed by atoms with van der Waals surface area (Å²) in [5.74, 6) is 0. The number of rotatable bonds is 1. The van der Waals surface area contributed by atoms with E-state index in [9.17, 15) is 0 Å². The van der Waals surface area contributed by atoms with Gasteiger partial charge in [0.2, 0.25) is 0 Å². The topological polar surface area (TPSA) is 12.5 Å². The molecule has 0 spiro atoms. The Balaban J connectivity index is 2.18. The van der Waals surface area contributed by atoms with Crippen LogP contribution < -0.4 is 0 Å². The summed E-state index contributed by atoms with van der Waals surface area (Å²) in [5.41, 5.74) is 1.29. The van der Waals surface area contributed by atoms with Crippen LogP contribution in [0.5, 0.6) is 0 Å². The molecule has 0 amide bonds. The average molecular weight is 249 g/mol. The molecule has 1 aliphatic rings. The van der Waals surface area contributed by atoms with Crippen molar-refractivity contribution in [3.63, 3.8) is 0 Å². The summed E-state index contributed by atoms with van der Waals surface area (Å²) in [5, 5.41) is 2.55. The van der Waals surface area contributed by atoms with Crippen molar-refractivity contribution < 1.29 is 4.74 Å². The second-order valence-corrected chi connectivity index (χ2v) is 4.49. The van der Waals surface area contributed by atoms with Gasteiger partial charge in [-0.3, -0.25) is 0 Å². The van der Waals surface area contributed by atoms with Crippen LogP contribution in [0.15, 0.2) is 40.9 Å². The number of ether oxygens (including phenoxy) is 1. The van der Waals surface area contributed by atoms with Gasteiger partial charge in [0.25, 0.3) is 0 Å². The first kappa shape index (κ1) is 8.45. The Morgan fingerprint density at radius 3 is 2.57 bits per heavy atom. The van der Waals surface area contributed by atoms with Crippen LogP contribution in [0.1, 0.15) is 11.7 Å². The van der Waals surface area contributed by atoms with Crippen LogP contribution in [0, 0.1) is 0 Å². The van der Waals surface area contributed by atoms with Crippen molar-refractivity contribution >= 4 is 26.7 Å². The molecular formula is C12H9BrO. The van der Waals surface area contributed by atoms with Gasteiger partial charge in [-0.1, -0.05) is 34.1 Å². The molecule has 0 aromatic heterocycles. The minimum Gasteiger partial charge on any atom is -0.368 e. The SMILES string of the molecule is Brc1ccc2cc(C3CO3)ccc2c1. The van der Waals surface area contributed by atoms with Gasteiger partial charge in [0.1, 0.15) is 6.10 Å². The molecule has 2 heteroatoms. The highest BCUT2D eigenvalue weighted by Gasteiger charge is 2.24. The predicted octanol–water partition coefficient (Wildman–Crippen LogP) is 3.67. The molecule has 1 atom stereocenters. The van der Waals surface area contributed by atoms with E-state index in [2.05, 4.69) is 52.3 Å². The minimum atomic E-state index is 0.350. The molecule has 1 nitrogen and oxygen atoms in total. The summed E-state index contributed by atoms with van der Waals surface area (Å²) in [4.78, 5) is 0. The molecule has 3 rings (SSSR count). The van der Waals surface area contributed by atoms with Gasteiger partial charge >= 0.3 is 0 Å². The van der Waals surface area contributed by atoms with Crippen LogP contribution >= 0.6 is 15.9 Å². The zero-order valence-corrected chi connectivity index (χ0v) is 9.12. The molecule has 14 heavy (non-hydrogen) atoms. The summed E-state index contributed by atoms with van der Waals surface area (Å²) in [6.45, 7) is 0.877. The average Bonchev–Trinajstić information content (AvgIpc) is 3.00. The van der Waals surface area contributed by atoms with Gasteiger partial charge in [-0.25, -0.2) is 0 Å². The van der Waals surface area contributed by atoms with Gasteiger partial charge in [-0.15, -0.1) is 0 Å². The van der Waals surface area contributed by atoms with Gasteiger partial charge in [0.05, 0.1) is 6.61 Å². The first-order valence-electron chi connectivity index (χ1n) is 4.64. The van der Waals surface area contributed by atoms with Gasteiger partial charge in [-0.2, -0.15) is 0 Å². The van der Waals surface area contributed by atoms with E-state index in [0.29, 0.717) is 6.10 Å². The molecular weight excluding hydrogens is 240 g/mol. The Labute approximate surface area is 90.8 Å². The fraction of sp³-hybridized carbons (Fsp3) is 0.167. The van der Waals surface area contributed by atoms with Crippen LogP contribution in [0.25, 0.3) is 10.8 Å². The monoisotopic (exact) mass is 248 g/mol. The molecule has 0 saturated carbocycles. The number of fused-ring (bicyclic) bond motifs is 1. The minimum absolute atomic E-state index is 0.350. The van der Waals surface area contributed by atoms with E-state index in [-0.39, 0.29) is 0 Å². The summed E-state index contributed by atoms with van der Waals surface area (Å²) in [6, 6.07) is 12.8. The molecule has 70 valence electrons. The van der Waals surface area contributed by atoms with Crippen molar-refractivity contribution in [3.8, 4) is 0 Å². The molecule has 1 saturated heterocycles. The smallest absolute Gasteiger partial charge is 0.106 e. The second kappa shape index (κ2) is 3.07. The van der Waals surface area contributed by atoms with Crippen LogP contribution in [0.2, 0.25) is 0 Å². The van der Waals surface area contributed by atoms with Crippen molar-refractivity contribution in [1.82, 2.24) is 0 Å². The molecule has 0 aliphatic carbocycles. The van der Waals surface area contributed by atoms with Gasteiger partial charge in [0.15, 0.2) is 0 Å². The number of epoxide rings is 1. The molecule has 0 bridgehead atoms. The van der Waals surface area contributed by atoms with Gasteiger partial charge < -0.3 is 4.74 Å². The number of halogens is 1. The van der Waals surface area contributed by atoms with Crippen molar-refractivity contribution in [1.29, 1.82) is 0 Å². The fourth-order valence-corrected chi connectivity index (χ4v) is 2.05. The summed E-state index contributed by atoms with van der Waals surface area (Å²) >= 11 is 3.47. The van der Waals surface area contributed by atoms with Gasteiger partial charge in [0, 0.05) is 4.47 Å². The van der Waals surface area contributed by atoms with E-state index in [1.807, 2.05) is 0 Å². The van der Waals surface area contributed by atoms with E-state index in [4.69, 9.17) is 4.74 Å². The molecule has 2 aromatic rings. The zero-order chi connectivity index (χ0) is 9.54. The van der Waals surface area contributed by atoms with Crippen LogP contribution in [0.3, 0.4) is 0 Å². The maximum atomic E-state index is 5.26. The third-order valence-corrected chi connectivity index (χ3v) is 3.02. The van der Waals surface area contributed by atoms with Crippen molar-refractivity contribution in [3.05, 3.63) is 46.4 Å². The summed E-state index contributed by atoms with van der Waals surface area (Å²) < 4.78 is 6.38. The van der Waals surface area contributed by atoms with Crippen LogP contribution in [-0.2, 0) is 4.74 Å². The normalized spacial score (nSPS) is 19.9. The Hall–Kier alpha value is -0.860. The molecule has 1 aliphatic heterocycles. The highest BCUT2D eigenvalue weighted by atomic mass is 79.9. The van der Waals surface area contributed by atoms with Gasteiger partial charge in [-0.05, 0) is 34.5 Å². The number of benzene rings is 2. The Morgan fingerprint density at radius 2 is 1.79 bits per heavy atom. The Bertz CT molecular complexity index is 489. The highest BCUT2D eigenvalue weighted by Crippen LogP contribution is 2.32. The Kier molecular flexibility index (Phi) is 1.85. The molecule has 1 heterocycles. The standard InChI is InChI=1S/C12H9BrO/c13-11-4-3-8-5-10(12-7-14-12)2-1-9(8)6-11/h1-6,12H,7H2. The first-order chi connectivity index (χ1) is 6.83. The second-order valence-electron chi connectivity index (χ2n) is 3.57. The molecule has 0 radical (unpaired) electrons. The van der Waals surface area contributed by atoms with E-state index in [1.54, 1.807) is 0 Å². The lowest BCUT2D eigenvalue weighted by atomic mass is 10.1. The number of hydrogen-bond acceptors (Lipinski definition) is 1. The lowest BCUT2D eigenvalue weighted by Gasteiger charge is -2.01. The third-order valence-electron chi connectivity index (χ3n) is 2.53. The lowest BCUT2D eigenvalue weighted by molar-refractivity contribution is 0.416. The van der Waals surface area contributed by atoms with Crippen molar-refractivity contribution in [2.75, 3.05) is 6.61 Å². The number of hydrogen-bond donors (Lipinski definition) is 0. The van der Waals surface area contributed by atoms with E-state index in [0.717, 1.165) is 11.1 Å². The fourth-order valence-electron chi connectivity index (χ4n) is 1.68. The van der Waals surface area contributed by atoms with E-state index in [1.165, 1.54) is 16.3 Å². The van der Waals surface area contributed by atoms with Crippen LogP contribution in [-0.4, -0.2) is 6.61 Å². The maximum Gasteiger partial charge on any atom is 0.106 e. The maximum absolute atomic E-state index is 5.26. The highest BCUT2D eigenvalue weighted by molar-refractivity contribution is 9.10. The summed E-state index contributed by atoms with van der Waals surface area (Å²) in [7, 11) is 0. The lowest BCUT2D eigenvalue weighted by Crippen LogP contribution is -1.80. The van der Waals surface area contributed by atoms with Crippen LogP contribution in [0.4, 0.5) is 0 Å². The van der Waals surface area contributed by atoms with E-state index < -0.39 is 0 Å².